The largest absolute Gasteiger partial charge is 0.361 e. The van der Waals surface area contributed by atoms with Gasteiger partial charge in [-0.3, -0.25) is 0 Å². The van der Waals surface area contributed by atoms with Gasteiger partial charge in [-0.25, -0.2) is 9.97 Å². The third kappa shape index (κ3) is 2.89. The molecule has 3 rings (SSSR count). The summed E-state index contributed by atoms with van der Waals surface area (Å²) in [7, 11) is 0. The number of aryl methyl sites for hydroxylation is 4. The molecule has 0 radical (unpaired) electrons. The summed E-state index contributed by atoms with van der Waals surface area (Å²) in [6.45, 7) is 8.21. The third-order valence-electron chi connectivity index (χ3n) is 4.03. The van der Waals surface area contributed by atoms with Crippen molar-refractivity contribution in [3.8, 4) is 0 Å². The van der Waals surface area contributed by atoms with Gasteiger partial charge in [0.1, 0.15) is 16.6 Å². The molecule has 4 nitrogen and oxygen atoms in total. The van der Waals surface area contributed by atoms with Crippen LogP contribution in [-0.2, 0) is 0 Å². The Kier molecular flexibility index (Phi) is 4.21. The summed E-state index contributed by atoms with van der Waals surface area (Å²) >= 11 is 12.8. The number of H-pyrrole nitrogens is 2. The van der Waals surface area contributed by atoms with Crippen LogP contribution in [0.25, 0.3) is 0 Å². The Labute approximate surface area is 145 Å². The normalized spacial score (nSPS) is 11.4. The van der Waals surface area contributed by atoms with Gasteiger partial charge in [-0.15, -0.1) is 0 Å². The van der Waals surface area contributed by atoms with Crippen LogP contribution in [-0.4, -0.2) is 19.9 Å². The van der Waals surface area contributed by atoms with Crippen molar-refractivity contribution in [1.29, 1.82) is 0 Å². The molecule has 0 bridgehead atoms. The van der Waals surface area contributed by atoms with Crippen LogP contribution in [0.5, 0.6) is 0 Å². The van der Waals surface area contributed by atoms with Crippen LogP contribution in [0.3, 0.4) is 0 Å². The molecule has 0 atom stereocenters. The maximum absolute atomic E-state index is 6.38. The van der Waals surface area contributed by atoms with Gasteiger partial charge in [-0.05, 0) is 51.0 Å². The minimum absolute atomic E-state index is 0.168. The van der Waals surface area contributed by atoms with Gasteiger partial charge in [0.2, 0.25) is 0 Å². The molecule has 3 aromatic heterocycles. The highest BCUT2D eigenvalue weighted by Crippen LogP contribution is 2.40. The fourth-order valence-electron chi connectivity index (χ4n) is 3.12. The van der Waals surface area contributed by atoms with E-state index in [1.807, 2.05) is 13.8 Å². The second kappa shape index (κ2) is 6.02. The summed E-state index contributed by atoms with van der Waals surface area (Å²) in [6.07, 6.45) is 1.38. The van der Waals surface area contributed by atoms with Crippen LogP contribution in [0.1, 0.15) is 45.4 Å². The quantitative estimate of drug-likeness (QED) is 0.664. The van der Waals surface area contributed by atoms with Gasteiger partial charge >= 0.3 is 0 Å². The summed E-state index contributed by atoms with van der Waals surface area (Å²) in [6, 6.07) is 4.22. The van der Waals surface area contributed by atoms with Crippen LogP contribution in [0.4, 0.5) is 0 Å². The van der Waals surface area contributed by atoms with Crippen LogP contribution in [0, 0.1) is 27.7 Å². The van der Waals surface area contributed by atoms with E-state index in [2.05, 4.69) is 45.9 Å². The van der Waals surface area contributed by atoms with E-state index in [-0.39, 0.29) is 5.92 Å². The maximum atomic E-state index is 6.38. The first-order chi connectivity index (χ1) is 10.9. The zero-order chi connectivity index (χ0) is 16.7. The molecule has 0 saturated carbocycles. The van der Waals surface area contributed by atoms with Crippen LogP contribution >= 0.6 is 23.2 Å². The van der Waals surface area contributed by atoms with E-state index in [9.17, 15) is 0 Å². The summed E-state index contributed by atoms with van der Waals surface area (Å²) < 4.78 is 0. The number of halogens is 2. The van der Waals surface area contributed by atoms with Crippen molar-refractivity contribution < 1.29 is 0 Å². The molecular weight excluding hydrogens is 331 g/mol. The van der Waals surface area contributed by atoms with Crippen LogP contribution in [0.15, 0.2) is 18.5 Å². The van der Waals surface area contributed by atoms with Crippen molar-refractivity contribution in [1.82, 2.24) is 19.9 Å². The molecular formula is C17H18Cl2N4. The molecule has 0 aliphatic heterocycles. The molecule has 0 unspecified atom stereocenters. The first kappa shape index (κ1) is 16.1. The lowest BCUT2D eigenvalue weighted by Crippen LogP contribution is -2.10. The zero-order valence-electron chi connectivity index (χ0n) is 13.5. The Morgan fingerprint density at radius 1 is 0.826 bits per heavy atom. The smallest absolute Gasteiger partial charge is 0.138 e. The summed E-state index contributed by atoms with van der Waals surface area (Å²) in [5.41, 5.74) is 7.29. The fraction of sp³-hybridized carbons (Fsp3) is 0.294. The molecule has 23 heavy (non-hydrogen) atoms. The molecule has 0 saturated heterocycles. The van der Waals surface area contributed by atoms with E-state index in [0.717, 1.165) is 33.9 Å². The molecule has 6 heteroatoms. The Bertz CT molecular complexity index is 797. The highest BCUT2D eigenvalue weighted by atomic mass is 35.5. The van der Waals surface area contributed by atoms with Crippen molar-refractivity contribution in [3.05, 3.63) is 68.2 Å². The van der Waals surface area contributed by atoms with E-state index >= 15 is 0 Å². The number of aromatic nitrogens is 4. The minimum atomic E-state index is -0.168. The lowest BCUT2D eigenvalue weighted by molar-refractivity contribution is 0.854. The van der Waals surface area contributed by atoms with Gasteiger partial charge in [-0.2, -0.15) is 0 Å². The molecule has 0 amide bonds. The number of rotatable bonds is 3. The standard InChI is InChI=1S/C17H18Cl2N4/c1-8-5-10(3)22-14(8)12(15-9(2)6-11(4)23-15)13-16(18)20-7-21-17(13)19/h5-7,12,22-23H,1-4H3. The fourth-order valence-corrected chi connectivity index (χ4v) is 3.66. The molecule has 0 aromatic carbocycles. The third-order valence-corrected chi connectivity index (χ3v) is 4.63. The second-order valence-electron chi connectivity index (χ2n) is 5.90. The van der Waals surface area contributed by atoms with Gasteiger partial charge in [-0.1, -0.05) is 23.2 Å². The monoisotopic (exact) mass is 348 g/mol. The van der Waals surface area contributed by atoms with E-state index in [0.29, 0.717) is 15.9 Å². The number of nitrogens with zero attached hydrogens (tertiary/aromatic N) is 2. The first-order valence-corrected chi connectivity index (χ1v) is 8.12. The van der Waals surface area contributed by atoms with Crippen molar-refractivity contribution in [3.63, 3.8) is 0 Å². The Balaban J connectivity index is 2.31. The van der Waals surface area contributed by atoms with Gasteiger partial charge in [0.05, 0.1) is 5.92 Å². The van der Waals surface area contributed by atoms with Gasteiger partial charge in [0.25, 0.3) is 0 Å². The van der Waals surface area contributed by atoms with Gasteiger partial charge in [0.15, 0.2) is 0 Å². The summed E-state index contributed by atoms with van der Waals surface area (Å²) in [5.74, 6) is -0.168. The number of aromatic amines is 2. The van der Waals surface area contributed by atoms with E-state index < -0.39 is 0 Å². The van der Waals surface area contributed by atoms with E-state index in [4.69, 9.17) is 23.2 Å². The summed E-state index contributed by atoms with van der Waals surface area (Å²) in [4.78, 5) is 15.1. The maximum Gasteiger partial charge on any atom is 0.138 e. The van der Waals surface area contributed by atoms with Gasteiger partial charge < -0.3 is 9.97 Å². The molecule has 0 fully saturated rings. The van der Waals surface area contributed by atoms with Gasteiger partial charge in [0, 0.05) is 28.3 Å². The Morgan fingerprint density at radius 3 is 1.61 bits per heavy atom. The molecule has 120 valence electrons. The first-order valence-electron chi connectivity index (χ1n) is 7.36. The number of nitrogens with one attached hydrogen (secondary N) is 2. The van der Waals surface area contributed by atoms with E-state index in [1.54, 1.807) is 0 Å². The molecule has 0 aliphatic carbocycles. The SMILES string of the molecule is Cc1cc(C)c(C(c2[nH]c(C)cc2C)c2c(Cl)ncnc2Cl)[nH]1. The molecule has 2 N–H and O–H groups in total. The van der Waals surface area contributed by atoms with Crippen LogP contribution in [0.2, 0.25) is 10.3 Å². The minimum Gasteiger partial charge on any atom is -0.361 e. The predicted molar refractivity (Wildman–Crippen MR) is 93.5 cm³/mol. The van der Waals surface area contributed by atoms with Crippen molar-refractivity contribution in [2.45, 2.75) is 33.6 Å². The van der Waals surface area contributed by atoms with Crippen molar-refractivity contribution >= 4 is 23.2 Å². The van der Waals surface area contributed by atoms with Crippen molar-refractivity contribution in [2.24, 2.45) is 0 Å². The average Bonchev–Trinajstić information content (AvgIpc) is 2.96. The number of hydrogen-bond donors (Lipinski definition) is 2. The van der Waals surface area contributed by atoms with E-state index in [1.165, 1.54) is 6.33 Å². The van der Waals surface area contributed by atoms with Crippen molar-refractivity contribution in [2.75, 3.05) is 0 Å². The zero-order valence-corrected chi connectivity index (χ0v) is 15.0. The topological polar surface area (TPSA) is 57.4 Å². The predicted octanol–water partition coefficient (Wildman–Crippen LogP) is 4.85. The number of hydrogen-bond acceptors (Lipinski definition) is 2. The van der Waals surface area contributed by atoms with Crippen LogP contribution < -0.4 is 0 Å². The lowest BCUT2D eigenvalue weighted by Gasteiger charge is -2.19. The summed E-state index contributed by atoms with van der Waals surface area (Å²) in [5, 5.41) is 0.738. The highest BCUT2D eigenvalue weighted by molar-refractivity contribution is 6.34. The average molecular weight is 349 g/mol. The molecule has 0 spiro atoms. The Hall–Kier alpha value is -1.78. The highest BCUT2D eigenvalue weighted by Gasteiger charge is 2.28. The molecule has 3 aromatic rings. The molecule has 0 aliphatic rings. The Morgan fingerprint density at radius 2 is 1.26 bits per heavy atom. The molecule has 3 heterocycles. The lowest BCUT2D eigenvalue weighted by atomic mass is 9.90. The second-order valence-corrected chi connectivity index (χ2v) is 6.62.